The minimum Gasteiger partial charge on any atom is -0.441 e. The highest BCUT2D eigenvalue weighted by molar-refractivity contribution is 5.96. The molecule has 1 aliphatic rings. The summed E-state index contributed by atoms with van der Waals surface area (Å²) < 4.78 is 6.13. The summed E-state index contributed by atoms with van der Waals surface area (Å²) >= 11 is 0. The lowest BCUT2D eigenvalue weighted by molar-refractivity contribution is 0.0251. The minimum absolute atomic E-state index is 0.274. The summed E-state index contributed by atoms with van der Waals surface area (Å²) in [5.74, 6) is -0.274. The number of hydrogen-bond donors (Lipinski definition) is 0. The van der Waals surface area contributed by atoms with Gasteiger partial charge in [0.1, 0.15) is 0 Å². The van der Waals surface area contributed by atoms with Gasteiger partial charge in [0.05, 0.1) is 5.56 Å². The number of hydrogen-bond acceptors (Lipinski definition) is 3. The summed E-state index contributed by atoms with van der Waals surface area (Å²) in [4.78, 5) is 15.0. The van der Waals surface area contributed by atoms with Crippen LogP contribution in [0, 0.1) is 6.92 Å². The highest BCUT2D eigenvalue weighted by atomic mass is 16.6. The first-order chi connectivity index (χ1) is 13.6. The lowest BCUT2D eigenvalue weighted by Crippen LogP contribution is -2.29. The maximum Gasteiger partial charge on any atom is 0.340 e. The van der Waals surface area contributed by atoms with Crippen LogP contribution in [0.15, 0.2) is 72.8 Å². The Hall–Kier alpha value is -3.07. The van der Waals surface area contributed by atoms with Crippen LogP contribution in [-0.2, 0) is 10.3 Å². The number of cyclic esters (lactones) is 1. The second-order valence-electron chi connectivity index (χ2n) is 7.20. The second kappa shape index (κ2) is 7.16. The molecule has 4 rings (SSSR count). The van der Waals surface area contributed by atoms with Crippen molar-refractivity contribution in [3.05, 3.63) is 101 Å². The van der Waals surface area contributed by atoms with Crippen LogP contribution in [0.4, 0.5) is 5.69 Å². The van der Waals surface area contributed by atoms with Crippen LogP contribution >= 0.6 is 0 Å². The maximum atomic E-state index is 12.7. The number of carbonyl (C=O) groups excluding carboxylic acids is 1. The fraction of sp³-hybridized carbons (Fsp3) is 0.240. The van der Waals surface area contributed by atoms with Gasteiger partial charge in [0.15, 0.2) is 5.60 Å². The molecule has 3 aromatic carbocycles. The number of esters is 1. The van der Waals surface area contributed by atoms with Gasteiger partial charge in [0, 0.05) is 35.5 Å². The van der Waals surface area contributed by atoms with Crippen LogP contribution in [-0.4, -0.2) is 19.1 Å². The van der Waals surface area contributed by atoms with E-state index in [2.05, 4.69) is 74.2 Å². The van der Waals surface area contributed by atoms with Crippen LogP contribution < -0.4 is 4.90 Å². The van der Waals surface area contributed by atoms with Gasteiger partial charge in [-0.25, -0.2) is 4.79 Å². The van der Waals surface area contributed by atoms with Crippen molar-refractivity contribution in [2.45, 2.75) is 26.4 Å². The van der Waals surface area contributed by atoms with Gasteiger partial charge < -0.3 is 9.64 Å². The molecule has 0 spiro atoms. The number of ether oxygens (including phenoxy) is 1. The van der Waals surface area contributed by atoms with Gasteiger partial charge in [0.2, 0.25) is 0 Å². The Morgan fingerprint density at radius 2 is 1.39 bits per heavy atom. The Kier molecular flexibility index (Phi) is 4.68. The van der Waals surface area contributed by atoms with Crippen molar-refractivity contribution < 1.29 is 9.53 Å². The van der Waals surface area contributed by atoms with E-state index in [1.54, 1.807) is 0 Å². The molecule has 0 radical (unpaired) electrons. The van der Waals surface area contributed by atoms with Crippen molar-refractivity contribution in [3.8, 4) is 0 Å². The lowest BCUT2D eigenvalue weighted by Gasteiger charge is -2.31. The third kappa shape index (κ3) is 2.78. The first kappa shape index (κ1) is 18.3. The Morgan fingerprint density at radius 1 is 0.821 bits per heavy atom. The van der Waals surface area contributed by atoms with Gasteiger partial charge in [0.25, 0.3) is 0 Å². The zero-order chi connectivity index (χ0) is 19.7. The molecule has 0 N–H and O–H groups in total. The number of rotatable bonds is 5. The van der Waals surface area contributed by atoms with Gasteiger partial charge in [-0.05, 0) is 39.0 Å². The van der Waals surface area contributed by atoms with E-state index in [1.165, 1.54) is 11.3 Å². The maximum absolute atomic E-state index is 12.7. The number of fused-ring (bicyclic) bond motifs is 1. The van der Waals surface area contributed by atoms with E-state index in [0.29, 0.717) is 5.56 Å². The molecule has 3 heteroatoms. The van der Waals surface area contributed by atoms with Crippen LogP contribution in [0.5, 0.6) is 0 Å². The average molecular weight is 371 g/mol. The molecule has 0 saturated carbocycles. The summed E-state index contributed by atoms with van der Waals surface area (Å²) in [6.07, 6.45) is 0. The predicted octanol–water partition coefficient (Wildman–Crippen LogP) is 5.30. The SMILES string of the molecule is CCN(CC)c1ccc(C2(c3ccc(C)cc3)OC(=O)c3ccccc32)cc1. The fourth-order valence-electron chi connectivity index (χ4n) is 4.10. The van der Waals surface area contributed by atoms with E-state index in [9.17, 15) is 4.79 Å². The summed E-state index contributed by atoms with van der Waals surface area (Å²) in [7, 11) is 0. The molecule has 0 bridgehead atoms. The molecule has 0 saturated heterocycles. The van der Waals surface area contributed by atoms with Gasteiger partial charge in [-0.1, -0.05) is 60.2 Å². The lowest BCUT2D eigenvalue weighted by atomic mass is 9.79. The van der Waals surface area contributed by atoms with Crippen molar-refractivity contribution in [2.24, 2.45) is 0 Å². The van der Waals surface area contributed by atoms with Crippen molar-refractivity contribution in [3.63, 3.8) is 0 Å². The van der Waals surface area contributed by atoms with Crippen molar-refractivity contribution in [1.29, 1.82) is 0 Å². The predicted molar refractivity (Wildman–Crippen MR) is 113 cm³/mol. The number of benzene rings is 3. The Labute approximate surface area is 166 Å². The highest BCUT2D eigenvalue weighted by Crippen LogP contribution is 2.47. The Morgan fingerprint density at radius 3 is 2.00 bits per heavy atom. The van der Waals surface area contributed by atoms with E-state index in [4.69, 9.17) is 4.74 Å². The topological polar surface area (TPSA) is 29.5 Å². The molecule has 0 aliphatic carbocycles. The third-order valence-electron chi connectivity index (χ3n) is 5.63. The molecule has 3 nitrogen and oxygen atoms in total. The summed E-state index contributed by atoms with van der Waals surface area (Å²) in [5.41, 5.74) is 4.90. The highest BCUT2D eigenvalue weighted by Gasteiger charge is 2.48. The summed E-state index contributed by atoms with van der Waals surface area (Å²) in [6, 6.07) is 24.4. The third-order valence-corrected chi connectivity index (χ3v) is 5.63. The standard InChI is InChI=1S/C25H25NO2/c1-4-26(5-2)21-16-14-20(15-17-21)25(19-12-10-18(3)11-13-19)23-9-7-6-8-22(23)24(27)28-25/h6-17H,4-5H2,1-3H3. The molecule has 1 atom stereocenters. The molecule has 0 aromatic heterocycles. The monoisotopic (exact) mass is 371 g/mol. The zero-order valence-electron chi connectivity index (χ0n) is 16.6. The van der Waals surface area contributed by atoms with Crippen LogP contribution in [0.25, 0.3) is 0 Å². The molecule has 1 aliphatic heterocycles. The largest absolute Gasteiger partial charge is 0.441 e. The zero-order valence-corrected chi connectivity index (χ0v) is 16.6. The molecule has 0 fully saturated rings. The smallest absolute Gasteiger partial charge is 0.340 e. The molecular weight excluding hydrogens is 346 g/mol. The van der Waals surface area contributed by atoms with E-state index in [-0.39, 0.29) is 5.97 Å². The molecule has 0 amide bonds. The van der Waals surface area contributed by atoms with Gasteiger partial charge in [-0.3, -0.25) is 0 Å². The van der Waals surface area contributed by atoms with Gasteiger partial charge in [-0.2, -0.15) is 0 Å². The average Bonchev–Trinajstić information content (AvgIpc) is 3.04. The Bertz CT molecular complexity index is 988. The van der Waals surface area contributed by atoms with Crippen LogP contribution in [0.1, 0.15) is 46.5 Å². The first-order valence-electron chi connectivity index (χ1n) is 9.85. The van der Waals surface area contributed by atoms with E-state index >= 15 is 0 Å². The molecule has 142 valence electrons. The molecule has 3 aromatic rings. The molecule has 1 heterocycles. The minimum atomic E-state index is -0.914. The molecule has 1 unspecified atom stereocenters. The van der Waals surface area contributed by atoms with Gasteiger partial charge >= 0.3 is 5.97 Å². The second-order valence-corrected chi connectivity index (χ2v) is 7.20. The van der Waals surface area contributed by atoms with Gasteiger partial charge in [-0.15, -0.1) is 0 Å². The number of nitrogens with zero attached hydrogens (tertiary/aromatic N) is 1. The number of aryl methyl sites for hydroxylation is 1. The van der Waals surface area contributed by atoms with Crippen LogP contribution in [0.2, 0.25) is 0 Å². The molecule has 28 heavy (non-hydrogen) atoms. The summed E-state index contributed by atoms with van der Waals surface area (Å²) in [6.45, 7) is 8.28. The number of carbonyl (C=O) groups is 1. The Balaban J connectivity index is 1.91. The number of anilines is 1. The van der Waals surface area contributed by atoms with Crippen molar-refractivity contribution in [2.75, 3.05) is 18.0 Å². The quantitative estimate of drug-likeness (QED) is 0.570. The fourth-order valence-corrected chi connectivity index (χ4v) is 4.10. The normalized spacial score (nSPS) is 17.9. The van der Waals surface area contributed by atoms with Crippen molar-refractivity contribution >= 4 is 11.7 Å². The molecular formula is C25H25NO2. The van der Waals surface area contributed by atoms with Crippen LogP contribution in [0.3, 0.4) is 0 Å². The van der Waals surface area contributed by atoms with E-state index in [1.807, 2.05) is 24.3 Å². The summed E-state index contributed by atoms with van der Waals surface area (Å²) in [5, 5.41) is 0. The van der Waals surface area contributed by atoms with E-state index < -0.39 is 5.60 Å². The first-order valence-corrected chi connectivity index (χ1v) is 9.85. The van der Waals surface area contributed by atoms with Crippen molar-refractivity contribution in [1.82, 2.24) is 0 Å². The van der Waals surface area contributed by atoms with E-state index in [0.717, 1.165) is 29.8 Å².